The third-order valence-electron chi connectivity index (χ3n) is 2.54. The lowest BCUT2D eigenvalue weighted by atomic mass is 10.0. The van der Waals surface area contributed by atoms with E-state index in [1.807, 2.05) is 0 Å². The highest BCUT2D eigenvalue weighted by atomic mass is 32.2. The zero-order valence-corrected chi connectivity index (χ0v) is 11.0. The molecule has 0 aliphatic rings. The summed E-state index contributed by atoms with van der Waals surface area (Å²) in [5.74, 6) is 3.52. The molecule has 0 aromatic rings. The molecule has 0 fully saturated rings. The van der Waals surface area contributed by atoms with Gasteiger partial charge in [-0.1, -0.05) is 27.2 Å². The highest BCUT2D eigenvalue weighted by Gasteiger charge is 2.04. The van der Waals surface area contributed by atoms with Crippen LogP contribution in [0.25, 0.3) is 0 Å². The summed E-state index contributed by atoms with van der Waals surface area (Å²) in [6, 6.07) is 0. The molecular formula is C12H27NS. The monoisotopic (exact) mass is 217 g/mol. The summed E-state index contributed by atoms with van der Waals surface area (Å²) < 4.78 is 0. The van der Waals surface area contributed by atoms with Gasteiger partial charge >= 0.3 is 0 Å². The first-order chi connectivity index (χ1) is 6.85. The Hall–Kier alpha value is 0.310. The van der Waals surface area contributed by atoms with Crippen LogP contribution in [0.1, 0.15) is 46.5 Å². The topological polar surface area (TPSA) is 12.0 Å². The van der Waals surface area contributed by atoms with E-state index in [0.717, 1.165) is 5.92 Å². The van der Waals surface area contributed by atoms with Crippen LogP contribution in [0, 0.1) is 5.92 Å². The maximum Gasteiger partial charge on any atom is -0.00206 e. The molecule has 1 N–H and O–H groups in total. The van der Waals surface area contributed by atoms with Crippen molar-refractivity contribution >= 4 is 11.8 Å². The average molecular weight is 217 g/mol. The summed E-state index contributed by atoms with van der Waals surface area (Å²) in [5.41, 5.74) is 0. The summed E-state index contributed by atoms with van der Waals surface area (Å²) in [4.78, 5) is 0. The molecule has 1 unspecified atom stereocenters. The van der Waals surface area contributed by atoms with E-state index in [-0.39, 0.29) is 0 Å². The fourth-order valence-corrected chi connectivity index (χ4v) is 2.21. The Balaban J connectivity index is 3.28. The smallest absolute Gasteiger partial charge is 0.00206 e. The number of nitrogens with one attached hydrogen (secondary N) is 1. The normalized spacial score (nSPS) is 13.1. The standard InChI is InChI=1S/C12H27NS/c1-4-9-13-11-12(5-2)8-7-10-14-6-3/h12-13H,4-11H2,1-3H3. The Kier molecular flexibility index (Phi) is 11.6. The van der Waals surface area contributed by atoms with Crippen molar-refractivity contribution < 1.29 is 0 Å². The first-order valence-electron chi connectivity index (χ1n) is 6.13. The molecule has 0 bridgehead atoms. The van der Waals surface area contributed by atoms with Gasteiger partial charge in [0, 0.05) is 0 Å². The second-order valence-electron chi connectivity index (χ2n) is 3.82. The quantitative estimate of drug-likeness (QED) is 0.562. The summed E-state index contributed by atoms with van der Waals surface area (Å²) in [5, 5.41) is 3.52. The van der Waals surface area contributed by atoms with Crippen LogP contribution in [0.5, 0.6) is 0 Å². The second kappa shape index (κ2) is 11.4. The van der Waals surface area contributed by atoms with Gasteiger partial charge in [0.1, 0.15) is 0 Å². The van der Waals surface area contributed by atoms with E-state index >= 15 is 0 Å². The van der Waals surface area contributed by atoms with Gasteiger partial charge in [0.2, 0.25) is 0 Å². The van der Waals surface area contributed by atoms with E-state index in [2.05, 4.69) is 37.8 Å². The lowest BCUT2D eigenvalue weighted by Gasteiger charge is -2.15. The molecule has 1 nitrogen and oxygen atoms in total. The first-order valence-corrected chi connectivity index (χ1v) is 7.29. The van der Waals surface area contributed by atoms with Crippen LogP contribution in [0.2, 0.25) is 0 Å². The molecule has 2 heteroatoms. The molecule has 0 saturated carbocycles. The van der Waals surface area contributed by atoms with Gasteiger partial charge in [0.25, 0.3) is 0 Å². The van der Waals surface area contributed by atoms with Crippen molar-refractivity contribution in [3.63, 3.8) is 0 Å². The summed E-state index contributed by atoms with van der Waals surface area (Å²) in [7, 11) is 0. The van der Waals surface area contributed by atoms with E-state index in [0.29, 0.717) is 0 Å². The largest absolute Gasteiger partial charge is 0.316 e. The maximum atomic E-state index is 3.52. The van der Waals surface area contributed by atoms with Crippen LogP contribution >= 0.6 is 11.8 Å². The zero-order chi connectivity index (χ0) is 10.6. The van der Waals surface area contributed by atoms with E-state index in [4.69, 9.17) is 0 Å². The third kappa shape index (κ3) is 8.89. The van der Waals surface area contributed by atoms with E-state index in [1.165, 1.54) is 50.3 Å². The minimum absolute atomic E-state index is 0.902. The Morgan fingerprint density at radius 2 is 2.00 bits per heavy atom. The molecule has 0 aromatic carbocycles. The fraction of sp³-hybridized carbons (Fsp3) is 1.00. The van der Waals surface area contributed by atoms with Crippen molar-refractivity contribution in [2.24, 2.45) is 5.92 Å². The highest BCUT2D eigenvalue weighted by Crippen LogP contribution is 2.12. The van der Waals surface area contributed by atoms with Crippen LogP contribution in [-0.2, 0) is 0 Å². The predicted molar refractivity (Wildman–Crippen MR) is 69.2 cm³/mol. The molecule has 86 valence electrons. The molecule has 0 rings (SSSR count). The van der Waals surface area contributed by atoms with Crippen LogP contribution in [-0.4, -0.2) is 24.6 Å². The van der Waals surface area contributed by atoms with Gasteiger partial charge in [-0.3, -0.25) is 0 Å². The van der Waals surface area contributed by atoms with E-state index < -0.39 is 0 Å². The Bertz CT molecular complexity index is 106. The molecule has 0 saturated heterocycles. The summed E-state index contributed by atoms with van der Waals surface area (Å²) in [6.07, 6.45) is 5.38. The highest BCUT2D eigenvalue weighted by molar-refractivity contribution is 7.99. The molecule has 1 atom stereocenters. The van der Waals surface area contributed by atoms with Gasteiger partial charge < -0.3 is 5.32 Å². The van der Waals surface area contributed by atoms with Crippen LogP contribution in [0.4, 0.5) is 0 Å². The van der Waals surface area contributed by atoms with Crippen molar-refractivity contribution in [3.8, 4) is 0 Å². The molecular weight excluding hydrogens is 190 g/mol. The lowest BCUT2D eigenvalue weighted by molar-refractivity contribution is 0.431. The molecule has 0 radical (unpaired) electrons. The van der Waals surface area contributed by atoms with Crippen molar-refractivity contribution in [1.29, 1.82) is 0 Å². The van der Waals surface area contributed by atoms with Gasteiger partial charge in [0.05, 0.1) is 0 Å². The average Bonchev–Trinajstić information content (AvgIpc) is 2.22. The SMILES string of the molecule is CCCNCC(CC)CCCSCC. The van der Waals surface area contributed by atoms with Gasteiger partial charge in [-0.25, -0.2) is 0 Å². The summed E-state index contributed by atoms with van der Waals surface area (Å²) >= 11 is 2.07. The molecule has 0 aliphatic carbocycles. The number of thioether (sulfide) groups is 1. The van der Waals surface area contributed by atoms with Gasteiger partial charge in [-0.2, -0.15) is 11.8 Å². The zero-order valence-electron chi connectivity index (χ0n) is 10.1. The van der Waals surface area contributed by atoms with Crippen LogP contribution < -0.4 is 5.32 Å². The lowest BCUT2D eigenvalue weighted by Crippen LogP contribution is -2.23. The number of hydrogen-bond donors (Lipinski definition) is 1. The van der Waals surface area contributed by atoms with Crippen molar-refractivity contribution in [2.45, 2.75) is 46.5 Å². The molecule has 0 spiro atoms. The van der Waals surface area contributed by atoms with E-state index in [9.17, 15) is 0 Å². The Morgan fingerprint density at radius 1 is 1.21 bits per heavy atom. The van der Waals surface area contributed by atoms with Crippen molar-refractivity contribution in [2.75, 3.05) is 24.6 Å². The molecule has 0 amide bonds. The fourth-order valence-electron chi connectivity index (χ4n) is 1.55. The second-order valence-corrected chi connectivity index (χ2v) is 5.21. The van der Waals surface area contributed by atoms with Crippen molar-refractivity contribution in [3.05, 3.63) is 0 Å². The van der Waals surface area contributed by atoms with Gasteiger partial charge in [0.15, 0.2) is 0 Å². The Morgan fingerprint density at radius 3 is 2.57 bits per heavy atom. The van der Waals surface area contributed by atoms with E-state index in [1.54, 1.807) is 0 Å². The van der Waals surface area contributed by atoms with Gasteiger partial charge in [-0.15, -0.1) is 0 Å². The first kappa shape index (κ1) is 14.3. The predicted octanol–water partition coefficient (Wildman–Crippen LogP) is 3.55. The summed E-state index contributed by atoms with van der Waals surface area (Å²) in [6.45, 7) is 9.18. The van der Waals surface area contributed by atoms with Crippen molar-refractivity contribution in [1.82, 2.24) is 5.32 Å². The third-order valence-corrected chi connectivity index (χ3v) is 3.53. The molecule has 0 heterocycles. The Labute approximate surface area is 94.4 Å². The maximum absolute atomic E-state index is 3.52. The van der Waals surface area contributed by atoms with Crippen LogP contribution in [0.3, 0.4) is 0 Å². The minimum Gasteiger partial charge on any atom is -0.316 e. The number of hydrogen-bond acceptors (Lipinski definition) is 2. The van der Waals surface area contributed by atoms with Gasteiger partial charge in [-0.05, 0) is 49.8 Å². The molecule has 14 heavy (non-hydrogen) atoms. The molecule has 0 aromatic heterocycles. The minimum atomic E-state index is 0.902. The molecule has 0 aliphatic heterocycles. The number of rotatable bonds is 10. The van der Waals surface area contributed by atoms with Crippen LogP contribution in [0.15, 0.2) is 0 Å².